The normalized spacial score (nSPS) is 16.5. The van der Waals surface area contributed by atoms with Crippen LogP contribution in [0.1, 0.15) is 31.4 Å². The Hall–Kier alpha value is -1.87. The van der Waals surface area contributed by atoms with Crippen molar-refractivity contribution in [2.24, 2.45) is 0 Å². The summed E-state index contributed by atoms with van der Waals surface area (Å²) in [5, 5.41) is 11.5. The molecule has 1 fully saturated rings. The van der Waals surface area contributed by atoms with Crippen molar-refractivity contribution in [3.05, 3.63) is 48.0 Å². The number of rotatable bonds is 5. The highest BCUT2D eigenvalue weighted by molar-refractivity contribution is 5.83. The zero-order valence-electron chi connectivity index (χ0n) is 11.6. The number of nitrogens with zero attached hydrogens (tertiary/aromatic N) is 1. The lowest BCUT2D eigenvalue weighted by molar-refractivity contribution is -0.139. The molecule has 1 N–H and O–H groups in total. The number of fused-ring (bicyclic) bond motifs is 1. The minimum Gasteiger partial charge on any atom is -0.480 e. The van der Waals surface area contributed by atoms with Gasteiger partial charge in [0.25, 0.3) is 0 Å². The maximum absolute atomic E-state index is 11.0. The van der Waals surface area contributed by atoms with E-state index in [0.717, 1.165) is 12.8 Å². The van der Waals surface area contributed by atoms with E-state index in [0.29, 0.717) is 6.04 Å². The van der Waals surface area contributed by atoms with Crippen LogP contribution in [0.15, 0.2) is 42.5 Å². The van der Waals surface area contributed by atoms with Gasteiger partial charge >= 0.3 is 5.97 Å². The predicted molar refractivity (Wildman–Crippen MR) is 79.7 cm³/mol. The van der Waals surface area contributed by atoms with E-state index in [9.17, 15) is 4.79 Å². The minimum atomic E-state index is -0.746. The average Bonchev–Trinajstić information content (AvgIpc) is 3.28. The molecule has 0 spiro atoms. The van der Waals surface area contributed by atoms with E-state index in [1.165, 1.54) is 16.3 Å². The summed E-state index contributed by atoms with van der Waals surface area (Å²) >= 11 is 0. The van der Waals surface area contributed by atoms with Crippen molar-refractivity contribution >= 4 is 16.7 Å². The van der Waals surface area contributed by atoms with Gasteiger partial charge in [-0.05, 0) is 42.2 Å². The highest BCUT2D eigenvalue weighted by Gasteiger charge is 2.33. The molecule has 1 saturated carbocycles. The van der Waals surface area contributed by atoms with E-state index < -0.39 is 5.97 Å². The number of carboxylic acids is 1. The molecule has 20 heavy (non-hydrogen) atoms. The maximum Gasteiger partial charge on any atom is 0.317 e. The molecule has 0 aromatic heterocycles. The molecule has 1 aliphatic rings. The van der Waals surface area contributed by atoms with Gasteiger partial charge in [-0.3, -0.25) is 9.69 Å². The van der Waals surface area contributed by atoms with Crippen LogP contribution < -0.4 is 0 Å². The molecular formula is C17H19NO2. The fourth-order valence-electron chi connectivity index (χ4n) is 2.80. The van der Waals surface area contributed by atoms with Crippen LogP contribution in [0.25, 0.3) is 10.8 Å². The third kappa shape index (κ3) is 2.68. The van der Waals surface area contributed by atoms with Crippen molar-refractivity contribution in [2.45, 2.75) is 31.8 Å². The van der Waals surface area contributed by atoms with Gasteiger partial charge < -0.3 is 5.11 Å². The van der Waals surface area contributed by atoms with E-state index in [4.69, 9.17) is 5.11 Å². The summed E-state index contributed by atoms with van der Waals surface area (Å²) in [6.07, 6.45) is 2.23. The lowest BCUT2D eigenvalue weighted by atomic mass is 10.0. The average molecular weight is 269 g/mol. The second-order valence-electron chi connectivity index (χ2n) is 5.58. The molecule has 0 amide bonds. The Kier molecular flexibility index (Phi) is 3.45. The van der Waals surface area contributed by atoms with Gasteiger partial charge in [-0.25, -0.2) is 0 Å². The van der Waals surface area contributed by atoms with Crippen LogP contribution in [0.3, 0.4) is 0 Å². The fourth-order valence-corrected chi connectivity index (χ4v) is 2.80. The largest absolute Gasteiger partial charge is 0.480 e. The molecule has 0 bridgehead atoms. The van der Waals surface area contributed by atoms with Gasteiger partial charge in [-0.1, -0.05) is 36.4 Å². The Morgan fingerprint density at radius 3 is 2.60 bits per heavy atom. The first-order valence-electron chi connectivity index (χ1n) is 7.11. The van der Waals surface area contributed by atoms with Gasteiger partial charge in [-0.2, -0.15) is 0 Å². The van der Waals surface area contributed by atoms with Crippen LogP contribution in [0, 0.1) is 0 Å². The van der Waals surface area contributed by atoms with Gasteiger partial charge in [0, 0.05) is 12.1 Å². The first kappa shape index (κ1) is 13.1. The second kappa shape index (κ2) is 5.25. The van der Waals surface area contributed by atoms with Crippen molar-refractivity contribution in [1.82, 2.24) is 4.90 Å². The Balaban J connectivity index is 1.89. The molecule has 0 heterocycles. The summed E-state index contributed by atoms with van der Waals surface area (Å²) in [4.78, 5) is 13.2. The van der Waals surface area contributed by atoms with Crippen molar-refractivity contribution in [2.75, 3.05) is 6.54 Å². The highest BCUT2D eigenvalue weighted by atomic mass is 16.4. The number of carbonyl (C=O) groups is 1. The Labute approximate surface area is 118 Å². The van der Waals surface area contributed by atoms with Crippen LogP contribution >= 0.6 is 0 Å². The molecule has 3 heteroatoms. The molecule has 1 aliphatic carbocycles. The lowest BCUT2D eigenvalue weighted by Crippen LogP contribution is -2.34. The van der Waals surface area contributed by atoms with Crippen LogP contribution in [0.5, 0.6) is 0 Å². The van der Waals surface area contributed by atoms with Gasteiger partial charge in [0.15, 0.2) is 0 Å². The number of aliphatic carboxylic acids is 1. The fraction of sp³-hybridized carbons (Fsp3) is 0.353. The number of carboxylic acid groups (broad SMARTS) is 1. The lowest BCUT2D eigenvalue weighted by Gasteiger charge is -2.28. The standard InChI is InChI=1S/C17H19NO2/c1-12(18(11-17(19)20)16-8-9-16)14-7-6-13-4-2-3-5-15(13)10-14/h2-7,10,12,16H,8-9,11H2,1H3,(H,19,20)/t12-/m0/s1. The smallest absolute Gasteiger partial charge is 0.317 e. The van der Waals surface area contributed by atoms with Crippen molar-refractivity contribution < 1.29 is 9.90 Å². The summed E-state index contributed by atoms with van der Waals surface area (Å²) < 4.78 is 0. The second-order valence-corrected chi connectivity index (χ2v) is 5.58. The molecular weight excluding hydrogens is 250 g/mol. The number of benzene rings is 2. The predicted octanol–water partition coefficient (Wildman–Crippen LogP) is 3.45. The third-order valence-electron chi connectivity index (χ3n) is 4.09. The maximum atomic E-state index is 11.0. The summed E-state index contributed by atoms with van der Waals surface area (Å²) in [6, 6.07) is 15.3. The van der Waals surface area contributed by atoms with Crippen molar-refractivity contribution in [1.29, 1.82) is 0 Å². The SMILES string of the molecule is C[C@@H](c1ccc2ccccc2c1)N(CC(=O)O)C1CC1. The van der Waals surface area contributed by atoms with Gasteiger partial charge in [0.2, 0.25) is 0 Å². The number of hydrogen-bond donors (Lipinski definition) is 1. The molecule has 3 nitrogen and oxygen atoms in total. The van der Waals surface area contributed by atoms with E-state index in [-0.39, 0.29) is 12.6 Å². The third-order valence-corrected chi connectivity index (χ3v) is 4.09. The number of hydrogen-bond acceptors (Lipinski definition) is 2. The molecule has 2 aromatic rings. The van der Waals surface area contributed by atoms with Gasteiger partial charge in [0.1, 0.15) is 0 Å². The molecule has 0 unspecified atom stereocenters. The van der Waals surface area contributed by atoms with E-state index in [1.54, 1.807) is 0 Å². The topological polar surface area (TPSA) is 40.5 Å². The van der Waals surface area contributed by atoms with E-state index in [2.05, 4.69) is 42.2 Å². The van der Waals surface area contributed by atoms with Crippen LogP contribution in [0.4, 0.5) is 0 Å². The summed E-state index contributed by atoms with van der Waals surface area (Å²) in [5.41, 5.74) is 1.19. The summed E-state index contributed by atoms with van der Waals surface area (Å²) in [7, 11) is 0. The van der Waals surface area contributed by atoms with Crippen molar-refractivity contribution in [3.63, 3.8) is 0 Å². The molecule has 1 atom stereocenters. The first-order chi connectivity index (χ1) is 9.65. The zero-order chi connectivity index (χ0) is 14.1. The van der Waals surface area contributed by atoms with Crippen LogP contribution in [-0.2, 0) is 4.79 Å². The van der Waals surface area contributed by atoms with Gasteiger partial charge in [0.05, 0.1) is 6.54 Å². The molecule has 0 radical (unpaired) electrons. The molecule has 104 valence electrons. The molecule has 3 rings (SSSR count). The van der Waals surface area contributed by atoms with Crippen LogP contribution in [-0.4, -0.2) is 28.6 Å². The Morgan fingerprint density at radius 1 is 1.25 bits per heavy atom. The van der Waals surface area contributed by atoms with E-state index in [1.807, 2.05) is 12.1 Å². The minimum absolute atomic E-state index is 0.124. The van der Waals surface area contributed by atoms with Gasteiger partial charge in [-0.15, -0.1) is 0 Å². The van der Waals surface area contributed by atoms with Crippen LogP contribution in [0.2, 0.25) is 0 Å². The Morgan fingerprint density at radius 2 is 1.95 bits per heavy atom. The quantitative estimate of drug-likeness (QED) is 0.903. The summed E-state index contributed by atoms with van der Waals surface area (Å²) in [5.74, 6) is -0.746. The molecule has 0 saturated heterocycles. The molecule has 2 aromatic carbocycles. The van der Waals surface area contributed by atoms with Crippen molar-refractivity contribution in [3.8, 4) is 0 Å². The monoisotopic (exact) mass is 269 g/mol. The Bertz CT molecular complexity index is 634. The summed E-state index contributed by atoms with van der Waals surface area (Å²) in [6.45, 7) is 2.23. The first-order valence-corrected chi connectivity index (χ1v) is 7.11. The zero-order valence-corrected chi connectivity index (χ0v) is 11.6. The highest BCUT2D eigenvalue weighted by Crippen LogP contribution is 2.34. The molecule has 0 aliphatic heterocycles. The van der Waals surface area contributed by atoms with E-state index >= 15 is 0 Å².